The minimum atomic E-state index is -3.52. The molecule has 47 heavy (non-hydrogen) atoms. The van der Waals surface area contributed by atoms with Crippen LogP contribution in [0.5, 0.6) is 11.5 Å². The Bertz CT molecular complexity index is 1650. The van der Waals surface area contributed by atoms with Crippen molar-refractivity contribution in [3.8, 4) is 11.5 Å². The standard InChI is InChI=1S/C20H28N2O4.C13H12N2O5S/c1-4-20(2,3)17(23)18(24)22-12-6-10-16(22)19(25)26-13-7-9-15-8-5-11-21-14-15;1-21(18,19)14-12-8-7-10(15(16)17)9-13(12)20-11-5-3-2-4-6-11/h5,8,11,14,16H,4,6-7,9-10,12-13H2,1-3H3;2-9,14H,1H3/t16-;/m0./s1. The molecule has 252 valence electrons. The Balaban J connectivity index is 0.000000261. The van der Waals surface area contributed by atoms with Crippen molar-refractivity contribution >= 4 is 39.1 Å². The molecule has 0 saturated carbocycles. The lowest BCUT2D eigenvalue weighted by Gasteiger charge is -2.27. The number of non-ortho nitro benzene ring substituents is 1. The number of ether oxygens (including phenoxy) is 2. The summed E-state index contributed by atoms with van der Waals surface area (Å²) in [6.07, 6.45) is 7.80. The highest BCUT2D eigenvalue weighted by Gasteiger charge is 2.41. The molecular formula is C33H40N4O9S. The lowest BCUT2D eigenvalue weighted by molar-refractivity contribution is -0.384. The summed E-state index contributed by atoms with van der Waals surface area (Å²) >= 11 is 0. The third-order valence-electron chi connectivity index (χ3n) is 7.50. The third-order valence-corrected chi connectivity index (χ3v) is 8.09. The number of nitro benzene ring substituents is 1. The van der Waals surface area contributed by atoms with Gasteiger partial charge in [-0.05, 0) is 61.9 Å². The zero-order valence-corrected chi connectivity index (χ0v) is 27.7. The van der Waals surface area contributed by atoms with Gasteiger partial charge in [-0.25, -0.2) is 13.2 Å². The summed E-state index contributed by atoms with van der Waals surface area (Å²) in [5.74, 6) is -0.914. The number of sulfonamides is 1. The molecule has 14 heteroatoms. The highest BCUT2D eigenvalue weighted by atomic mass is 32.2. The molecule has 0 bridgehead atoms. The Labute approximate surface area is 274 Å². The number of Topliss-reactive ketones (excluding diaryl/α,β-unsaturated/α-hetero) is 1. The van der Waals surface area contributed by atoms with Gasteiger partial charge >= 0.3 is 5.97 Å². The van der Waals surface area contributed by atoms with Crippen LogP contribution in [0.3, 0.4) is 0 Å². The number of aryl methyl sites for hydroxylation is 1. The maximum Gasteiger partial charge on any atom is 0.328 e. The van der Waals surface area contributed by atoms with Crippen LogP contribution in [0.1, 0.15) is 52.0 Å². The first-order valence-electron chi connectivity index (χ1n) is 15.1. The van der Waals surface area contributed by atoms with Gasteiger partial charge in [-0.2, -0.15) is 0 Å². The molecule has 1 atom stereocenters. The minimum absolute atomic E-state index is 0.0563. The number of nitrogens with zero attached hydrogens (tertiary/aromatic N) is 3. The number of likely N-dealkylation sites (tertiary alicyclic amines) is 1. The molecule has 1 aliphatic heterocycles. The fourth-order valence-corrected chi connectivity index (χ4v) is 5.10. The highest BCUT2D eigenvalue weighted by molar-refractivity contribution is 7.92. The quantitative estimate of drug-likeness (QED) is 0.0826. The number of carbonyl (C=O) groups is 3. The van der Waals surface area contributed by atoms with Crippen molar-refractivity contribution in [2.24, 2.45) is 5.41 Å². The Kier molecular flexibility index (Phi) is 13.0. The fraction of sp³-hybridized carbons (Fsp3) is 0.394. The molecule has 0 aliphatic carbocycles. The van der Waals surface area contributed by atoms with E-state index in [2.05, 4.69) is 9.71 Å². The lowest BCUT2D eigenvalue weighted by atomic mass is 9.84. The zero-order valence-electron chi connectivity index (χ0n) is 26.9. The van der Waals surface area contributed by atoms with E-state index >= 15 is 0 Å². The molecular weight excluding hydrogens is 628 g/mol. The van der Waals surface area contributed by atoms with Gasteiger partial charge in [0.15, 0.2) is 5.75 Å². The number of anilines is 1. The number of hydrogen-bond donors (Lipinski definition) is 1. The number of aromatic nitrogens is 1. The van der Waals surface area contributed by atoms with Crippen molar-refractivity contribution in [3.63, 3.8) is 0 Å². The van der Waals surface area contributed by atoms with Gasteiger partial charge in [0.2, 0.25) is 15.8 Å². The molecule has 13 nitrogen and oxygen atoms in total. The molecule has 4 rings (SSSR count). The molecule has 0 radical (unpaired) electrons. The number of nitrogens with one attached hydrogen (secondary N) is 1. The van der Waals surface area contributed by atoms with Gasteiger partial charge in [-0.3, -0.25) is 29.4 Å². The summed E-state index contributed by atoms with van der Waals surface area (Å²) in [4.78, 5) is 53.0. The average Bonchev–Trinajstić information content (AvgIpc) is 3.54. The Hall–Kier alpha value is -4.85. The summed E-state index contributed by atoms with van der Waals surface area (Å²) in [6.45, 7) is 6.12. The number of carbonyl (C=O) groups excluding carboxylic acids is 3. The molecule has 1 fully saturated rings. The molecule has 2 aromatic carbocycles. The van der Waals surface area contributed by atoms with Crippen molar-refractivity contribution in [2.45, 2.75) is 58.9 Å². The van der Waals surface area contributed by atoms with Crippen molar-refractivity contribution < 1.29 is 37.2 Å². The Morgan fingerprint density at radius 1 is 1.11 bits per heavy atom. The number of benzene rings is 2. The van der Waals surface area contributed by atoms with E-state index in [9.17, 15) is 32.9 Å². The number of amides is 1. The van der Waals surface area contributed by atoms with E-state index in [0.29, 0.717) is 44.6 Å². The van der Waals surface area contributed by atoms with Crippen molar-refractivity contribution in [1.82, 2.24) is 9.88 Å². The normalized spacial score (nSPS) is 14.4. The van der Waals surface area contributed by atoms with Gasteiger partial charge in [0.1, 0.15) is 11.8 Å². The monoisotopic (exact) mass is 668 g/mol. The summed E-state index contributed by atoms with van der Waals surface area (Å²) < 4.78 is 35.8. The van der Waals surface area contributed by atoms with Crippen molar-refractivity contribution in [1.29, 1.82) is 0 Å². The molecule has 2 heterocycles. The van der Waals surface area contributed by atoms with Crippen molar-refractivity contribution in [2.75, 3.05) is 24.1 Å². The topological polar surface area (TPSA) is 175 Å². The first-order chi connectivity index (χ1) is 22.2. The number of ketones is 1. The number of para-hydroxylation sites is 1. The SMILES string of the molecule is CCC(C)(C)C(=O)C(=O)N1CCC[C@H]1C(=O)OCCCc1cccnc1.CS(=O)(=O)Nc1ccc([N+](=O)[O-])cc1Oc1ccccc1. The van der Waals surface area contributed by atoms with Crippen LogP contribution in [0.25, 0.3) is 0 Å². The van der Waals surface area contributed by atoms with Crippen LogP contribution in [0.2, 0.25) is 0 Å². The van der Waals surface area contributed by atoms with Crippen LogP contribution in [0.15, 0.2) is 73.1 Å². The maximum atomic E-state index is 12.5. The molecule has 1 aromatic heterocycles. The maximum absolute atomic E-state index is 12.5. The average molecular weight is 669 g/mol. The first-order valence-corrected chi connectivity index (χ1v) is 17.0. The van der Waals surface area contributed by atoms with E-state index in [4.69, 9.17) is 9.47 Å². The predicted molar refractivity (Wildman–Crippen MR) is 175 cm³/mol. The van der Waals surface area contributed by atoms with Crippen LogP contribution in [0, 0.1) is 15.5 Å². The molecule has 0 spiro atoms. The summed E-state index contributed by atoms with van der Waals surface area (Å²) in [5, 5.41) is 10.8. The van der Waals surface area contributed by atoms with Gasteiger partial charge in [0.25, 0.3) is 11.6 Å². The number of esters is 1. The fourth-order valence-electron chi connectivity index (χ4n) is 4.54. The first kappa shape index (κ1) is 36.6. The van der Waals surface area contributed by atoms with Crippen LogP contribution >= 0.6 is 0 Å². The second-order valence-electron chi connectivity index (χ2n) is 11.6. The molecule has 1 N–H and O–H groups in total. The van der Waals surface area contributed by atoms with Crippen LogP contribution in [0.4, 0.5) is 11.4 Å². The third kappa shape index (κ3) is 11.2. The summed E-state index contributed by atoms with van der Waals surface area (Å²) in [7, 11) is -3.52. The van der Waals surface area contributed by atoms with Gasteiger partial charge in [-0.15, -0.1) is 0 Å². The van der Waals surface area contributed by atoms with E-state index in [1.165, 1.54) is 23.1 Å². The summed E-state index contributed by atoms with van der Waals surface area (Å²) in [5.41, 5.74) is 0.318. The van der Waals surface area contributed by atoms with E-state index in [1.54, 1.807) is 56.6 Å². The summed E-state index contributed by atoms with van der Waals surface area (Å²) in [6, 6.07) is 15.4. The number of nitro groups is 1. The minimum Gasteiger partial charge on any atom is -0.464 e. The van der Waals surface area contributed by atoms with E-state index in [-0.39, 0.29) is 17.1 Å². The number of hydrogen-bond acceptors (Lipinski definition) is 10. The second kappa shape index (κ2) is 16.6. The number of pyridine rings is 1. The van der Waals surface area contributed by atoms with Gasteiger partial charge in [0.05, 0.1) is 29.5 Å². The molecule has 1 amide bonds. The molecule has 1 saturated heterocycles. The molecule has 1 aliphatic rings. The molecule has 3 aromatic rings. The van der Waals surface area contributed by atoms with Crippen LogP contribution < -0.4 is 9.46 Å². The molecule has 0 unspecified atom stereocenters. The van der Waals surface area contributed by atoms with E-state index in [1.807, 2.05) is 19.1 Å². The Morgan fingerprint density at radius 3 is 2.45 bits per heavy atom. The van der Waals surface area contributed by atoms with E-state index in [0.717, 1.165) is 18.2 Å². The zero-order chi connectivity index (χ0) is 34.6. The smallest absolute Gasteiger partial charge is 0.328 e. The predicted octanol–water partition coefficient (Wildman–Crippen LogP) is 5.31. The number of rotatable bonds is 13. The van der Waals surface area contributed by atoms with E-state index < -0.39 is 44.1 Å². The van der Waals surface area contributed by atoms with Crippen LogP contribution in [-0.4, -0.2) is 66.3 Å². The second-order valence-corrected chi connectivity index (χ2v) is 13.3. The van der Waals surface area contributed by atoms with Gasteiger partial charge < -0.3 is 14.4 Å². The van der Waals surface area contributed by atoms with Gasteiger partial charge in [0, 0.05) is 30.4 Å². The van der Waals surface area contributed by atoms with Crippen molar-refractivity contribution in [3.05, 3.63) is 88.7 Å². The van der Waals surface area contributed by atoms with Gasteiger partial charge in [-0.1, -0.05) is 45.0 Å². The lowest BCUT2D eigenvalue weighted by Crippen LogP contribution is -2.48. The largest absolute Gasteiger partial charge is 0.464 e. The van der Waals surface area contributed by atoms with Crippen LogP contribution in [-0.2, 0) is 35.6 Å². The highest BCUT2D eigenvalue weighted by Crippen LogP contribution is 2.33. The Morgan fingerprint density at radius 2 is 1.83 bits per heavy atom.